The number of aromatic carboxylic acids is 1. The average molecular weight is 521 g/mol. The maximum atomic E-state index is 14.2. The largest absolute Gasteiger partial charge is 0.478 e. The Morgan fingerprint density at radius 1 is 0.947 bits per heavy atom. The zero-order valence-electron chi connectivity index (χ0n) is 21.8. The van der Waals surface area contributed by atoms with E-state index in [1.54, 1.807) is 36.4 Å². The minimum Gasteiger partial charge on any atom is -0.478 e. The molecule has 1 aliphatic rings. The van der Waals surface area contributed by atoms with Crippen LogP contribution in [-0.2, 0) is 11.2 Å². The smallest absolute Gasteiger partial charge is 0.336 e. The topological polar surface area (TPSA) is 78.4 Å². The summed E-state index contributed by atoms with van der Waals surface area (Å²) >= 11 is 0. The molecule has 1 fully saturated rings. The fraction of sp³-hybridized carbons (Fsp3) is 0.355. The first-order valence-corrected chi connectivity index (χ1v) is 13.2. The molecule has 0 aliphatic heterocycles. The van der Waals surface area contributed by atoms with Crippen molar-refractivity contribution < 1.29 is 23.5 Å². The molecule has 7 heteroatoms. The van der Waals surface area contributed by atoms with Crippen LogP contribution < -0.4 is 10.6 Å². The van der Waals surface area contributed by atoms with Gasteiger partial charge in [0.2, 0.25) is 5.91 Å². The van der Waals surface area contributed by atoms with Crippen molar-refractivity contribution in [2.45, 2.75) is 58.4 Å². The van der Waals surface area contributed by atoms with Crippen LogP contribution >= 0.6 is 0 Å². The summed E-state index contributed by atoms with van der Waals surface area (Å²) in [6.07, 6.45) is 5.73. The Bertz CT molecular complexity index is 1300. The van der Waals surface area contributed by atoms with Crippen LogP contribution in [0.1, 0.15) is 61.9 Å². The molecule has 0 radical (unpaired) electrons. The van der Waals surface area contributed by atoms with E-state index in [1.807, 2.05) is 0 Å². The molecule has 4 rings (SSSR count). The minimum absolute atomic E-state index is 0.0435. The summed E-state index contributed by atoms with van der Waals surface area (Å²) in [6.45, 7) is 4.34. The van der Waals surface area contributed by atoms with E-state index >= 15 is 0 Å². The van der Waals surface area contributed by atoms with Gasteiger partial charge in [0.05, 0.1) is 23.4 Å². The summed E-state index contributed by atoms with van der Waals surface area (Å²) in [5.41, 5.74) is 2.02. The number of amides is 1. The fourth-order valence-corrected chi connectivity index (χ4v) is 5.39. The highest BCUT2D eigenvalue weighted by Crippen LogP contribution is 2.36. The van der Waals surface area contributed by atoms with Gasteiger partial charge in [-0.05, 0) is 77.8 Å². The third kappa shape index (κ3) is 6.57. The zero-order chi connectivity index (χ0) is 27.2. The molecule has 3 aromatic rings. The highest BCUT2D eigenvalue weighted by atomic mass is 19.1. The Labute approximate surface area is 222 Å². The predicted molar refractivity (Wildman–Crippen MR) is 146 cm³/mol. The van der Waals surface area contributed by atoms with E-state index < -0.39 is 23.5 Å². The SMILES string of the molecule is CC(C)C(Nc1ccc(-c2cc(F)ccc2C(=O)O)cc1NC(=O)Cc1ccccc1F)C1CCCCC1. The standard InChI is InChI=1S/C31H34F2N2O3/c1-19(2)30(20-8-4-3-5-9-20)35-27-15-12-21(25-18-23(32)13-14-24(25)31(37)38)16-28(27)34-29(36)17-22-10-6-7-11-26(22)33/h6-7,10-16,18-20,30,35H,3-5,8-9,17H2,1-2H3,(H,34,36)(H,37,38). The van der Waals surface area contributed by atoms with Gasteiger partial charge in [0.25, 0.3) is 0 Å². The second-order valence-electron chi connectivity index (χ2n) is 10.4. The quantitative estimate of drug-likeness (QED) is 0.273. The first-order chi connectivity index (χ1) is 18.2. The molecular weight excluding hydrogens is 486 g/mol. The molecule has 1 amide bonds. The summed E-state index contributed by atoms with van der Waals surface area (Å²) in [5, 5.41) is 16.2. The van der Waals surface area contributed by atoms with E-state index in [9.17, 15) is 23.5 Å². The summed E-state index contributed by atoms with van der Waals surface area (Å²) < 4.78 is 28.3. The maximum absolute atomic E-state index is 14.2. The summed E-state index contributed by atoms with van der Waals surface area (Å²) in [5.74, 6) is -1.78. The third-order valence-electron chi connectivity index (χ3n) is 7.32. The highest BCUT2D eigenvalue weighted by molar-refractivity contribution is 5.99. The van der Waals surface area contributed by atoms with E-state index in [-0.39, 0.29) is 29.2 Å². The number of carboxylic acids is 1. The molecule has 1 atom stereocenters. The Balaban J connectivity index is 1.71. The lowest BCUT2D eigenvalue weighted by molar-refractivity contribution is -0.115. The molecule has 0 bridgehead atoms. The average Bonchev–Trinajstić information content (AvgIpc) is 2.89. The third-order valence-corrected chi connectivity index (χ3v) is 7.32. The van der Waals surface area contributed by atoms with Crippen LogP contribution in [0.25, 0.3) is 11.1 Å². The molecule has 3 N–H and O–H groups in total. The Morgan fingerprint density at radius 2 is 1.68 bits per heavy atom. The fourth-order valence-electron chi connectivity index (χ4n) is 5.39. The summed E-state index contributed by atoms with van der Waals surface area (Å²) in [6, 6.07) is 15.0. The van der Waals surface area contributed by atoms with Crippen molar-refractivity contribution in [3.63, 3.8) is 0 Å². The van der Waals surface area contributed by atoms with Crippen LogP contribution in [0.15, 0.2) is 60.7 Å². The molecule has 0 aromatic heterocycles. The van der Waals surface area contributed by atoms with Crippen molar-refractivity contribution >= 4 is 23.3 Å². The molecule has 5 nitrogen and oxygen atoms in total. The lowest BCUT2D eigenvalue weighted by Crippen LogP contribution is -2.35. The number of hydrogen-bond acceptors (Lipinski definition) is 3. The molecule has 200 valence electrons. The van der Waals surface area contributed by atoms with Crippen LogP contribution in [0.5, 0.6) is 0 Å². The van der Waals surface area contributed by atoms with Gasteiger partial charge in [-0.2, -0.15) is 0 Å². The maximum Gasteiger partial charge on any atom is 0.336 e. The first kappa shape index (κ1) is 27.3. The number of halogens is 2. The van der Waals surface area contributed by atoms with Gasteiger partial charge < -0.3 is 15.7 Å². The Morgan fingerprint density at radius 3 is 2.37 bits per heavy atom. The normalized spacial score (nSPS) is 14.8. The van der Waals surface area contributed by atoms with Crippen molar-refractivity contribution in [1.82, 2.24) is 0 Å². The van der Waals surface area contributed by atoms with Gasteiger partial charge in [0.15, 0.2) is 0 Å². The number of carboxylic acid groups (broad SMARTS) is 1. The molecular formula is C31H34F2N2O3. The van der Waals surface area contributed by atoms with Crippen LogP contribution in [0.3, 0.4) is 0 Å². The summed E-state index contributed by atoms with van der Waals surface area (Å²) in [4.78, 5) is 24.9. The number of hydrogen-bond donors (Lipinski definition) is 3. The molecule has 3 aromatic carbocycles. The minimum atomic E-state index is -1.18. The molecule has 0 heterocycles. The van der Waals surface area contributed by atoms with Crippen LogP contribution in [0.4, 0.5) is 20.2 Å². The van der Waals surface area contributed by atoms with E-state index in [0.29, 0.717) is 28.8 Å². The summed E-state index contributed by atoms with van der Waals surface area (Å²) in [7, 11) is 0. The lowest BCUT2D eigenvalue weighted by atomic mass is 9.79. The van der Waals surface area contributed by atoms with Gasteiger partial charge >= 0.3 is 5.97 Å². The van der Waals surface area contributed by atoms with Crippen molar-refractivity contribution in [3.8, 4) is 11.1 Å². The van der Waals surface area contributed by atoms with Gasteiger partial charge in [-0.3, -0.25) is 4.79 Å². The molecule has 1 unspecified atom stereocenters. The zero-order valence-corrected chi connectivity index (χ0v) is 21.8. The first-order valence-electron chi connectivity index (χ1n) is 13.2. The molecule has 1 aliphatic carbocycles. The van der Waals surface area contributed by atoms with E-state index in [1.165, 1.54) is 37.5 Å². The van der Waals surface area contributed by atoms with Gasteiger partial charge in [0.1, 0.15) is 11.6 Å². The number of anilines is 2. The lowest BCUT2D eigenvalue weighted by Gasteiger charge is -2.35. The number of carbonyl (C=O) groups is 2. The van der Waals surface area contributed by atoms with Crippen molar-refractivity contribution in [3.05, 3.63) is 83.4 Å². The molecule has 38 heavy (non-hydrogen) atoms. The molecule has 0 saturated heterocycles. The Hall–Kier alpha value is -3.74. The van der Waals surface area contributed by atoms with Crippen LogP contribution in [0.2, 0.25) is 0 Å². The van der Waals surface area contributed by atoms with E-state index in [2.05, 4.69) is 24.5 Å². The number of carbonyl (C=O) groups excluding carboxylic acids is 1. The number of benzene rings is 3. The number of nitrogens with one attached hydrogen (secondary N) is 2. The van der Waals surface area contributed by atoms with Gasteiger partial charge in [0, 0.05) is 6.04 Å². The second kappa shape index (κ2) is 12.2. The van der Waals surface area contributed by atoms with Crippen molar-refractivity contribution in [2.75, 3.05) is 10.6 Å². The van der Waals surface area contributed by atoms with E-state index in [0.717, 1.165) is 18.9 Å². The van der Waals surface area contributed by atoms with Gasteiger partial charge in [-0.25, -0.2) is 13.6 Å². The van der Waals surface area contributed by atoms with Gasteiger partial charge in [-0.1, -0.05) is 57.4 Å². The second-order valence-corrected chi connectivity index (χ2v) is 10.4. The van der Waals surface area contributed by atoms with E-state index in [4.69, 9.17) is 0 Å². The Kier molecular flexibility index (Phi) is 8.77. The molecule has 0 spiro atoms. The monoisotopic (exact) mass is 520 g/mol. The van der Waals surface area contributed by atoms with Gasteiger partial charge in [-0.15, -0.1) is 0 Å². The highest BCUT2D eigenvalue weighted by Gasteiger charge is 2.27. The van der Waals surface area contributed by atoms with Crippen LogP contribution in [0, 0.1) is 23.5 Å². The number of rotatable bonds is 9. The van der Waals surface area contributed by atoms with Crippen LogP contribution in [-0.4, -0.2) is 23.0 Å². The van der Waals surface area contributed by atoms with Crippen molar-refractivity contribution in [2.24, 2.45) is 11.8 Å². The molecule has 1 saturated carbocycles. The predicted octanol–water partition coefficient (Wildman–Crippen LogP) is 7.53. The van der Waals surface area contributed by atoms with Crippen molar-refractivity contribution in [1.29, 1.82) is 0 Å².